The first-order valence-corrected chi connectivity index (χ1v) is 12.3. The molecule has 1 amide bonds. The first kappa shape index (κ1) is 23.1. The Kier molecular flexibility index (Phi) is 8.07. The fourth-order valence-electron chi connectivity index (χ4n) is 4.53. The molecule has 10 heteroatoms. The number of alkyl halides is 2. The number of ether oxygens (including phenoxy) is 1. The molecule has 176 valence electrons. The fraction of sp³-hybridized carbons (Fsp3) is 0.682. The zero-order valence-corrected chi connectivity index (χ0v) is 19.0. The fourth-order valence-corrected chi connectivity index (χ4v) is 5.44. The highest BCUT2D eigenvalue weighted by atomic mass is 32.1. The lowest BCUT2D eigenvalue weighted by atomic mass is 9.84. The smallest absolute Gasteiger partial charge is 0.273 e. The summed E-state index contributed by atoms with van der Waals surface area (Å²) in [5, 5.41) is 7.67. The van der Waals surface area contributed by atoms with Crippen LogP contribution in [0.25, 0.3) is 0 Å². The molecule has 1 aliphatic carbocycles. The predicted octanol–water partition coefficient (Wildman–Crippen LogP) is 3.50. The summed E-state index contributed by atoms with van der Waals surface area (Å²) in [6, 6.07) is 2.15. The van der Waals surface area contributed by atoms with E-state index < -0.39 is 13.0 Å². The third-order valence-corrected chi connectivity index (χ3v) is 7.38. The Balaban J connectivity index is 1.12. The standard InChI is InChI=1S/C22H31F2N5O2S/c23-20(24)15-31-22-27-18-14-28(12-7-19(18)32-22)11-6-16-2-4-17(5-3-16)26-21(30)8-13-29-10-1-9-25-29/h1,9-10,16-17,20H,2-8,11-15H2,(H,26,30). The number of nitrogens with zero attached hydrogens (tertiary/aromatic N) is 4. The van der Waals surface area contributed by atoms with Gasteiger partial charge in [-0.3, -0.25) is 14.4 Å². The van der Waals surface area contributed by atoms with E-state index in [1.165, 1.54) is 11.3 Å². The lowest BCUT2D eigenvalue weighted by Gasteiger charge is -2.32. The van der Waals surface area contributed by atoms with Crippen molar-refractivity contribution in [2.24, 2.45) is 5.92 Å². The Morgan fingerprint density at radius 3 is 2.88 bits per heavy atom. The molecule has 7 nitrogen and oxygen atoms in total. The molecule has 1 aliphatic heterocycles. The van der Waals surface area contributed by atoms with Crippen molar-refractivity contribution in [1.29, 1.82) is 0 Å². The quantitative estimate of drug-likeness (QED) is 0.579. The van der Waals surface area contributed by atoms with Gasteiger partial charge < -0.3 is 10.1 Å². The Morgan fingerprint density at radius 2 is 2.12 bits per heavy atom. The predicted molar refractivity (Wildman–Crippen MR) is 118 cm³/mol. The van der Waals surface area contributed by atoms with Crippen LogP contribution >= 0.6 is 11.3 Å². The first-order valence-electron chi connectivity index (χ1n) is 11.4. The molecule has 0 radical (unpaired) electrons. The van der Waals surface area contributed by atoms with Gasteiger partial charge in [-0.05, 0) is 57.1 Å². The molecule has 0 saturated heterocycles. The van der Waals surface area contributed by atoms with E-state index in [2.05, 4.69) is 20.3 Å². The van der Waals surface area contributed by atoms with E-state index in [0.29, 0.717) is 24.1 Å². The third-order valence-electron chi connectivity index (χ3n) is 6.31. The maximum absolute atomic E-state index is 12.3. The number of carbonyl (C=O) groups is 1. The zero-order chi connectivity index (χ0) is 22.3. The summed E-state index contributed by atoms with van der Waals surface area (Å²) in [7, 11) is 0. The summed E-state index contributed by atoms with van der Waals surface area (Å²) in [6.45, 7) is 2.79. The Labute approximate surface area is 191 Å². The molecule has 2 aromatic heterocycles. The van der Waals surface area contributed by atoms with Crippen LogP contribution in [0.4, 0.5) is 8.78 Å². The van der Waals surface area contributed by atoms with Crippen LogP contribution < -0.4 is 10.1 Å². The van der Waals surface area contributed by atoms with E-state index in [1.807, 2.05) is 12.3 Å². The van der Waals surface area contributed by atoms with Crippen LogP contribution in [0.5, 0.6) is 5.19 Å². The summed E-state index contributed by atoms with van der Waals surface area (Å²) in [4.78, 5) is 20.2. The maximum atomic E-state index is 12.3. The molecule has 1 N–H and O–H groups in total. The number of carbonyl (C=O) groups excluding carboxylic acids is 1. The second-order valence-electron chi connectivity index (χ2n) is 8.67. The van der Waals surface area contributed by atoms with Gasteiger partial charge in [0, 0.05) is 49.4 Å². The van der Waals surface area contributed by atoms with Gasteiger partial charge >= 0.3 is 0 Å². The third kappa shape index (κ3) is 6.71. The van der Waals surface area contributed by atoms with Crippen LogP contribution in [0.15, 0.2) is 18.5 Å². The van der Waals surface area contributed by atoms with Crippen LogP contribution in [-0.4, -0.2) is 57.7 Å². The summed E-state index contributed by atoms with van der Waals surface area (Å²) < 4.78 is 31.5. The lowest BCUT2D eigenvalue weighted by Crippen LogP contribution is -2.38. The van der Waals surface area contributed by atoms with E-state index >= 15 is 0 Å². The summed E-state index contributed by atoms with van der Waals surface area (Å²) >= 11 is 1.40. The van der Waals surface area contributed by atoms with Crippen LogP contribution in [0.3, 0.4) is 0 Å². The van der Waals surface area contributed by atoms with E-state index in [0.717, 1.165) is 68.7 Å². The number of fused-ring (bicyclic) bond motifs is 1. The Bertz CT molecular complexity index is 853. The van der Waals surface area contributed by atoms with Crippen molar-refractivity contribution in [2.45, 2.75) is 70.5 Å². The van der Waals surface area contributed by atoms with Crippen molar-refractivity contribution in [3.8, 4) is 5.19 Å². The number of rotatable bonds is 10. The minimum absolute atomic E-state index is 0.105. The molecule has 0 bridgehead atoms. The number of hydrogen-bond donors (Lipinski definition) is 1. The molecule has 4 rings (SSSR count). The van der Waals surface area contributed by atoms with Gasteiger partial charge in [-0.25, -0.2) is 13.8 Å². The summed E-state index contributed by atoms with van der Waals surface area (Å²) in [6.07, 6.45) is 8.01. The Hall–Kier alpha value is -2.07. The van der Waals surface area contributed by atoms with Crippen molar-refractivity contribution in [1.82, 2.24) is 25.0 Å². The molecule has 0 unspecified atom stereocenters. The van der Waals surface area contributed by atoms with Gasteiger partial charge in [0.1, 0.15) is 0 Å². The van der Waals surface area contributed by atoms with E-state index in [9.17, 15) is 13.6 Å². The van der Waals surface area contributed by atoms with Crippen LogP contribution in [-0.2, 0) is 24.3 Å². The average molecular weight is 468 g/mol. The van der Waals surface area contributed by atoms with Crippen molar-refractivity contribution in [3.63, 3.8) is 0 Å². The Morgan fingerprint density at radius 1 is 1.28 bits per heavy atom. The molecule has 2 aromatic rings. The molecule has 2 aliphatic rings. The lowest BCUT2D eigenvalue weighted by molar-refractivity contribution is -0.122. The van der Waals surface area contributed by atoms with Gasteiger partial charge in [0.25, 0.3) is 11.6 Å². The van der Waals surface area contributed by atoms with Crippen molar-refractivity contribution < 1.29 is 18.3 Å². The van der Waals surface area contributed by atoms with Gasteiger partial charge in [-0.15, -0.1) is 0 Å². The van der Waals surface area contributed by atoms with Gasteiger partial charge in [0.15, 0.2) is 6.61 Å². The minimum Gasteiger partial charge on any atom is -0.464 e. The largest absolute Gasteiger partial charge is 0.464 e. The molecular formula is C22H31F2N5O2S. The number of nitrogens with one attached hydrogen (secondary N) is 1. The van der Waals surface area contributed by atoms with Crippen LogP contribution in [0, 0.1) is 5.92 Å². The SMILES string of the molecule is O=C(CCn1cccn1)NC1CCC(CCN2CCc3sc(OCC(F)F)nc3C2)CC1. The number of aryl methyl sites for hydroxylation is 1. The van der Waals surface area contributed by atoms with E-state index in [1.54, 1.807) is 10.9 Å². The molecule has 0 atom stereocenters. The number of halogens is 2. The molecule has 1 saturated carbocycles. The monoisotopic (exact) mass is 467 g/mol. The van der Waals surface area contributed by atoms with Gasteiger partial charge in [0.2, 0.25) is 5.91 Å². The van der Waals surface area contributed by atoms with Gasteiger partial charge in [0.05, 0.1) is 5.69 Å². The summed E-state index contributed by atoms with van der Waals surface area (Å²) in [5.41, 5.74) is 0.979. The topological polar surface area (TPSA) is 72.3 Å². The van der Waals surface area contributed by atoms with Crippen molar-refractivity contribution >= 4 is 17.2 Å². The minimum atomic E-state index is -2.47. The van der Waals surface area contributed by atoms with Gasteiger partial charge in [-0.1, -0.05) is 11.3 Å². The van der Waals surface area contributed by atoms with Gasteiger partial charge in [-0.2, -0.15) is 5.10 Å². The van der Waals surface area contributed by atoms with Crippen LogP contribution in [0.2, 0.25) is 0 Å². The van der Waals surface area contributed by atoms with Crippen molar-refractivity contribution in [3.05, 3.63) is 29.0 Å². The van der Waals surface area contributed by atoms with E-state index in [4.69, 9.17) is 4.74 Å². The highest BCUT2D eigenvalue weighted by Gasteiger charge is 2.25. The molecule has 3 heterocycles. The molecular weight excluding hydrogens is 436 g/mol. The highest BCUT2D eigenvalue weighted by Crippen LogP contribution is 2.31. The summed E-state index contributed by atoms with van der Waals surface area (Å²) in [5.74, 6) is 0.794. The van der Waals surface area contributed by atoms with Crippen molar-refractivity contribution in [2.75, 3.05) is 19.7 Å². The molecule has 0 aromatic carbocycles. The maximum Gasteiger partial charge on any atom is 0.273 e. The highest BCUT2D eigenvalue weighted by molar-refractivity contribution is 7.13. The number of thiazole rings is 1. The first-order chi connectivity index (χ1) is 15.5. The number of amides is 1. The van der Waals surface area contributed by atoms with Crippen LogP contribution in [0.1, 0.15) is 49.1 Å². The number of aromatic nitrogens is 3. The van der Waals surface area contributed by atoms with E-state index in [-0.39, 0.29) is 11.9 Å². The molecule has 0 spiro atoms. The second kappa shape index (κ2) is 11.2. The average Bonchev–Trinajstić information content (AvgIpc) is 3.45. The second-order valence-corrected chi connectivity index (χ2v) is 9.72. The molecule has 32 heavy (non-hydrogen) atoms. The molecule has 1 fully saturated rings. The number of hydrogen-bond acceptors (Lipinski definition) is 6. The zero-order valence-electron chi connectivity index (χ0n) is 18.2. The normalized spacial score (nSPS) is 21.5.